The van der Waals surface area contributed by atoms with E-state index in [0.29, 0.717) is 11.8 Å². The molecule has 19 heavy (non-hydrogen) atoms. The lowest BCUT2D eigenvalue weighted by molar-refractivity contribution is 0.475. The Morgan fingerprint density at radius 2 is 1.84 bits per heavy atom. The Kier molecular flexibility index (Phi) is 4.33. The maximum absolute atomic E-state index is 9.26. The van der Waals surface area contributed by atoms with Crippen molar-refractivity contribution in [2.24, 2.45) is 0 Å². The van der Waals surface area contributed by atoms with Gasteiger partial charge < -0.3 is 10.4 Å². The fourth-order valence-corrected chi connectivity index (χ4v) is 2.22. The molecule has 0 saturated carbocycles. The van der Waals surface area contributed by atoms with E-state index in [1.54, 1.807) is 12.1 Å². The van der Waals surface area contributed by atoms with Gasteiger partial charge in [0.1, 0.15) is 5.75 Å². The number of anilines is 1. The van der Waals surface area contributed by atoms with E-state index in [2.05, 4.69) is 19.2 Å². The Morgan fingerprint density at radius 3 is 2.53 bits per heavy atom. The van der Waals surface area contributed by atoms with E-state index in [4.69, 9.17) is 11.6 Å². The van der Waals surface area contributed by atoms with Crippen molar-refractivity contribution in [2.45, 2.75) is 26.3 Å². The van der Waals surface area contributed by atoms with Crippen molar-refractivity contribution >= 4 is 17.3 Å². The Labute approximate surface area is 119 Å². The summed E-state index contributed by atoms with van der Waals surface area (Å²) >= 11 is 6.01. The first-order valence-corrected chi connectivity index (χ1v) is 6.73. The van der Waals surface area contributed by atoms with Gasteiger partial charge in [0.05, 0.1) is 0 Å². The van der Waals surface area contributed by atoms with Crippen LogP contribution in [-0.2, 0) is 6.42 Å². The summed E-state index contributed by atoms with van der Waals surface area (Å²) in [7, 11) is 0. The minimum absolute atomic E-state index is 0.293. The summed E-state index contributed by atoms with van der Waals surface area (Å²) in [6, 6.07) is 13.5. The van der Waals surface area contributed by atoms with Gasteiger partial charge in [0.15, 0.2) is 0 Å². The van der Waals surface area contributed by atoms with E-state index in [-0.39, 0.29) is 0 Å². The van der Waals surface area contributed by atoms with Crippen molar-refractivity contribution < 1.29 is 5.11 Å². The molecule has 0 aliphatic carbocycles. The van der Waals surface area contributed by atoms with Crippen molar-refractivity contribution in [3.8, 4) is 5.75 Å². The van der Waals surface area contributed by atoms with Crippen LogP contribution in [0.1, 0.15) is 18.1 Å². The summed E-state index contributed by atoms with van der Waals surface area (Å²) in [5, 5.41) is 13.5. The maximum atomic E-state index is 9.26. The van der Waals surface area contributed by atoms with E-state index in [9.17, 15) is 5.11 Å². The Balaban J connectivity index is 2.02. The number of nitrogens with one attached hydrogen (secondary N) is 1. The summed E-state index contributed by atoms with van der Waals surface area (Å²) in [6.45, 7) is 4.19. The molecule has 1 atom stereocenters. The summed E-state index contributed by atoms with van der Waals surface area (Å²) < 4.78 is 0. The van der Waals surface area contributed by atoms with Crippen LogP contribution in [0.25, 0.3) is 0 Å². The van der Waals surface area contributed by atoms with Crippen molar-refractivity contribution in [1.82, 2.24) is 0 Å². The molecule has 0 fully saturated rings. The average Bonchev–Trinajstić information content (AvgIpc) is 2.37. The van der Waals surface area contributed by atoms with Gasteiger partial charge in [-0.3, -0.25) is 0 Å². The zero-order chi connectivity index (χ0) is 13.8. The number of hydrogen-bond acceptors (Lipinski definition) is 2. The highest BCUT2D eigenvalue weighted by molar-refractivity contribution is 6.30. The summed E-state index contributed by atoms with van der Waals surface area (Å²) in [4.78, 5) is 0. The highest BCUT2D eigenvalue weighted by Crippen LogP contribution is 2.21. The third kappa shape index (κ3) is 3.90. The molecular formula is C16H18ClNO. The van der Waals surface area contributed by atoms with Gasteiger partial charge in [-0.15, -0.1) is 0 Å². The molecule has 2 aromatic carbocycles. The van der Waals surface area contributed by atoms with E-state index >= 15 is 0 Å². The van der Waals surface area contributed by atoms with Crippen LogP contribution in [0.2, 0.25) is 5.02 Å². The normalized spacial score (nSPS) is 12.2. The van der Waals surface area contributed by atoms with E-state index in [1.165, 1.54) is 11.1 Å². The second kappa shape index (κ2) is 5.98. The summed E-state index contributed by atoms with van der Waals surface area (Å²) in [6.07, 6.45) is 0.895. The molecule has 0 spiro atoms. The minimum Gasteiger partial charge on any atom is -0.508 e. The number of phenolic OH excluding ortho intramolecular Hbond substituents is 1. The largest absolute Gasteiger partial charge is 0.508 e. The predicted molar refractivity (Wildman–Crippen MR) is 81.1 cm³/mol. The molecule has 0 saturated heterocycles. The van der Waals surface area contributed by atoms with Crippen LogP contribution in [-0.4, -0.2) is 11.1 Å². The molecule has 0 aliphatic heterocycles. The van der Waals surface area contributed by atoms with Crippen LogP contribution in [0.4, 0.5) is 5.69 Å². The van der Waals surface area contributed by atoms with Gasteiger partial charge in [0, 0.05) is 16.8 Å². The standard InChI is InChI=1S/C16H18ClNO/c1-11-3-6-14(17)10-16(11)18-12(2)9-13-4-7-15(19)8-5-13/h3-8,10,12,18-19H,9H2,1-2H3. The molecule has 0 bridgehead atoms. The smallest absolute Gasteiger partial charge is 0.115 e. The van der Waals surface area contributed by atoms with E-state index in [1.807, 2.05) is 30.3 Å². The Bertz CT molecular complexity index is 551. The number of halogens is 1. The number of rotatable bonds is 4. The van der Waals surface area contributed by atoms with Crippen LogP contribution in [0.3, 0.4) is 0 Å². The second-order valence-corrected chi connectivity index (χ2v) is 5.31. The van der Waals surface area contributed by atoms with Crippen molar-refractivity contribution in [2.75, 3.05) is 5.32 Å². The minimum atomic E-state index is 0.293. The van der Waals surface area contributed by atoms with Crippen LogP contribution in [0.15, 0.2) is 42.5 Å². The molecule has 2 aromatic rings. The maximum Gasteiger partial charge on any atom is 0.115 e. The highest BCUT2D eigenvalue weighted by Gasteiger charge is 2.06. The molecule has 3 heteroatoms. The molecule has 0 heterocycles. The molecule has 2 N–H and O–H groups in total. The van der Waals surface area contributed by atoms with Gasteiger partial charge in [-0.05, 0) is 55.7 Å². The SMILES string of the molecule is Cc1ccc(Cl)cc1NC(C)Cc1ccc(O)cc1. The fourth-order valence-electron chi connectivity index (χ4n) is 2.05. The van der Waals surface area contributed by atoms with Gasteiger partial charge in [-0.1, -0.05) is 29.8 Å². The molecule has 1 unspecified atom stereocenters. The summed E-state index contributed by atoms with van der Waals surface area (Å²) in [5.74, 6) is 0.301. The Morgan fingerprint density at radius 1 is 1.16 bits per heavy atom. The first-order chi connectivity index (χ1) is 9.04. The quantitative estimate of drug-likeness (QED) is 0.867. The van der Waals surface area contributed by atoms with Crippen molar-refractivity contribution in [1.29, 1.82) is 0 Å². The molecule has 2 rings (SSSR count). The number of phenols is 1. The van der Waals surface area contributed by atoms with Crippen LogP contribution >= 0.6 is 11.6 Å². The van der Waals surface area contributed by atoms with Crippen LogP contribution in [0, 0.1) is 6.92 Å². The molecular weight excluding hydrogens is 258 g/mol. The number of aromatic hydroxyl groups is 1. The van der Waals surface area contributed by atoms with Gasteiger partial charge in [-0.2, -0.15) is 0 Å². The molecule has 2 nitrogen and oxygen atoms in total. The fraction of sp³-hybridized carbons (Fsp3) is 0.250. The zero-order valence-corrected chi connectivity index (χ0v) is 11.9. The first-order valence-electron chi connectivity index (χ1n) is 6.35. The lowest BCUT2D eigenvalue weighted by atomic mass is 10.1. The van der Waals surface area contributed by atoms with Gasteiger partial charge in [0.25, 0.3) is 0 Å². The third-order valence-corrected chi connectivity index (χ3v) is 3.31. The molecule has 0 aromatic heterocycles. The predicted octanol–water partition coefficient (Wildman–Crippen LogP) is 4.40. The van der Waals surface area contributed by atoms with E-state index in [0.717, 1.165) is 17.1 Å². The number of benzene rings is 2. The van der Waals surface area contributed by atoms with Crippen LogP contribution < -0.4 is 5.32 Å². The number of aryl methyl sites for hydroxylation is 1. The summed E-state index contributed by atoms with van der Waals surface area (Å²) in [5.41, 5.74) is 3.44. The molecule has 0 radical (unpaired) electrons. The lowest BCUT2D eigenvalue weighted by Gasteiger charge is -2.17. The monoisotopic (exact) mass is 275 g/mol. The molecule has 100 valence electrons. The van der Waals surface area contributed by atoms with E-state index < -0.39 is 0 Å². The first kappa shape index (κ1) is 13.8. The zero-order valence-electron chi connectivity index (χ0n) is 11.2. The van der Waals surface area contributed by atoms with Crippen LogP contribution in [0.5, 0.6) is 5.75 Å². The molecule has 0 aliphatic rings. The lowest BCUT2D eigenvalue weighted by Crippen LogP contribution is -2.18. The molecule has 0 amide bonds. The number of hydrogen-bond donors (Lipinski definition) is 2. The van der Waals surface area contributed by atoms with Gasteiger partial charge in [0.2, 0.25) is 0 Å². The van der Waals surface area contributed by atoms with Gasteiger partial charge in [-0.25, -0.2) is 0 Å². The average molecular weight is 276 g/mol. The third-order valence-electron chi connectivity index (χ3n) is 3.08. The topological polar surface area (TPSA) is 32.3 Å². The van der Waals surface area contributed by atoms with Gasteiger partial charge >= 0.3 is 0 Å². The Hall–Kier alpha value is -1.67. The van der Waals surface area contributed by atoms with Crippen molar-refractivity contribution in [3.63, 3.8) is 0 Å². The second-order valence-electron chi connectivity index (χ2n) is 4.88. The highest BCUT2D eigenvalue weighted by atomic mass is 35.5. The van der Waals surface area contributed by atoms with Crippen molar-refractivity contribution in [3.05, 3.63) is 58.6 Å².